The SMILES string of the molecule is c1cc2c(c(-c3cccc4[nH]ccc34)c1)CCNC2. The summed E-state index contributed by atoms with van der Waals surface area (Å²) in [5, 5.41) is 4.76. The van der Waals surface area contributed by atoms with E-state index in [-0.39, 0.29) is 0 Å². The van der Waals surface area contributed by atoms with E-state index in [1.165, 1.54) is 33.2 Å². The second-order valence-electron chi connectivity index (χ2n) is 5.11. The molecule has 0 amide bonds. The Kier molecular flexibility index (Phi) is 2.42. The Morgan fingerprint density at radius 3 is 2.79 bits per heavy atom. The molecule has 2 aromatic carbocycles. The zero-order chi connectivity index (χ0) is 12.7. The maximum absolute atomic E-state index is 3.45. The first kappa shape index (κ1) is 10.8. The van der Waals surface area contributed by atoms with Gasteiger partial charge < -0.3 is 10.3 Å². The fourth-order valence-corrected chi connectivity index (χ4v) is 3.10. The first-order chi connectivity index (χ1) is 9.43. The second-order valence-corrected chi connectivity index (χ2v) is 5.11. The van der Waals surface area contributed by atoms with Crippen LogP contribution in [0.3, 0.4) is 0 Å². The van der Waals surface area contributed by atoms with Gasteiger partial charge in [-0.2, -0.15) is 0 Å². The van der Waals surface area contributed by atoms with E-state index in [9.17, 15) is 0 Å². The van der Waals surface area contributed by atoms with Gasteiger partial charge in [0.25, 0.3) is 0 Å². The predicted molar refractivity (Wildman–Crippen MR) is 79.1 cm³/mol. The molecule has 0 aliphatic carbocycles. The van der Waals surface area contributed by atoms with Gasteiger partial charge in [-0.05, 0) is 47.4 Å². The van der Waals surface area contributed by atoms with Crippen LogP contribution in [0.5, 0.6) is 0 Å². The maximum atomic E-state index is 3.45. The Hall–Kier alpha value is -2.06. The largest absolute Gasteiger partial charge is 0.361 e. The molecule has 2 N–H and O–H groups in total. The third-order valence-electron chi connectivity index (χ3n) is 4.03. The van der Waals surface area contributed by atoms with E-state index < -0.39 is 0 Å². The van der Waals surface area contributed by atoms with Crippen molar-refractivity contribution < 1.29 is 0 Å². The van der Waals surface area contributed by atoms with Crippen LogP contribution in [0.1, 0.15) is 11.1 Å². The number of H-pyrrole nitrogens is 1. The quantitative estimate of drug-likeness (QED) is 0.678. The van der Waals surface area contributed by atoms with E-state index in [0.717, 1.165) is 19.5 Å². The molecule has 0 saturated carbocycles. The van der Waals surface area contributed by atoms with Gasteiger partial charge in [-0.1, -0.05) is 30.3 Å². The van der Waals surface area contributed by atoms with Crippen molar-refractivity contribution in [2.24, 2.45) is 0 Å². The monoisotopic (exact) mass is 248 g/mol. The van der Waals surface area contributed by atoms with Crippen LogP contribution >= 0.6 is 0 Å². The highest BCUT2D eigenvalue weighted by atomic mass is 14.9. The smallest absolute Gasteiger partial charge is 0.0460 e. The van der Waals surface area contributed by atoms with Crippen LogP contribution in [-0.4, -0.2) is 11.5 Å². The normalized spacial score (nSPS) is 14.5. The van der Waals surface area contributed by atoms with E-state index in [2.05, 4.69) is 52.8 Å². The topological polar surface area (TPSA) is 27.8 Å². The summed E-state index contributed by atoms with van der Waals surface area (Å²) in [7, 11) is 0. The summed E-state index contributed by atoms with van der Waals surface area (Å²) in [5.74, 6) is 0. The molecule has 1 aromatic heterocycles. The van der Waals surface area contributed by atoms with Crippen molar-refractivity contribution in [2.75, 3.05) is 6.54 Å². The molecule has 19 heavy (non-hydrogen) atoms. The van der Waals surface area contributed by atoms with Gasteiger partial charge in [0.05, 0.1) is 0 Å². The van der Waals surface area contributed by atoms with Crippen molar-refractivity contribution in [3.05, 3.63) is 59.8 Å². The molecule has 94 valence electrons. The van der Waals surface area contributed by atoms with E-state index in [1.54, 1.807) is 0 Å². The van der Waals surface area contributed by atoms with Gasteiger partial charge in [0.15, 0.2) is 0 Å². The van der Waals surface area contributed by atoms with Crippen LogP contribution in [0.4, 0.5) is 0 Å². The number of hydrogen-bond donors (Lipinski definition) is 2. The van der Waals surface area contributed by atoms with Crippen molar-refractivity contribution in [2.45, 2.75) is 13.0 Å². The molecule has 4 rings (SSSR count). The van der Waals surface area contributed by atoms with Crippen molar-refractivity contribution in [1.29, 1.82) is 0 Å². The lowest BCUT2D eigenvalue weighted by atomic mass is 9.90. The molecule has 2 nitrogen and oxygen atoms in total. The molecule has 0 fully saturated rings. The third kappa shape index (κ3) is 1.68. The minimum atomic E-state index is 0.992. The molecule has 2 heterocycles. The Morgan fingerprint density at radius 2 is 1.79 bits per heavy atom. The van der Waals surface area contributed by atoms with E-state index in [4.69, 9.17) is 0 Å². The zero-order valence-corrected chi connectivity index (χ0v) is 10.7. The molecular weight excluding hydrogens is 232 g/mol. The molecule has 0 spiro atoms. The molecule has 2 heteroatoms. The average Bonchev–Trinajstić information content (AvgIpc) is 2.95. The standard InChI is InChI=1S/C17H16N2/c1-3-12-11-18-9-7-13(12)14(4-1)15-5-2-6-17-16(15)8-10-19-17/h1-6,8,10,18-19H,7,9,11H2. The number of fused-ring (bicyclic) bond motifs is 2. The van der Waals surface area contributed by atoms with Crippen LogP contribution < -0.4 is 5.32 Å². The fourth-order valence-electron chi connectivity index (χ4n) is 3.10. The number of aromatic amines is 1. The summed E-state index contributed by atoms with van der Waals surface area (Å²) in [6.07, 6.45) is 3.14. The van der Waals surface area contributed by atoms with Gasteiger partial charge in [0.2, 0.25) is 0 Å². The fraction of sp³-hybridized carbons (Fsp3) is 0.176. The maximum Gasteiger partial charge on any atom is 0.0460 e. The molecular formula is C17H16N2. The van der Waals surface area contributed by atoms with Crippen molar-refractivity contribution in [3.8, 4) is 11.1 Å². The van der Waals surface area contributed by atoms with Gasteiger partial charge in [-0.15, -0.1) is 0 Å². The number of rotatable bonds is 1. The molecule has 0 atom stereocenters. The minimum Gasteiger partial charge on any atom is -0.361 e. The first-order valence-electron chi connectivity index (χ1n) is 6.81. The number of hydrogen-bond acceptors (Lipinski definition) is 1. The molecule has 0 saturated heterocycles. The summed E-state index contributed by atoms with van der Waals surface area (Å²) < 4.78 is 0. The van der Waals surface area contributed by atoms with Crippen LogP contribution in [0, 0.1) is 0 Å². The van der Waals surface area contributed by atoms with Crippen LogP contribution in [0.2, 0.25) is 0 Å². The molecule has 3 aromatic rings. The van der Waals surface area contributed by atoms with E-state index >= 15 is 0 Å². The van der Waals surface area contributed by atoms with Gasteiger partial charge >= 0.3 is 0 Å². The zero-order valence-electron chi connectivity index (χ0n) is 10.7. The average molecular weight is 248 g/mol. The summed E-state index contributed by atoms with van der Waals surface area (Å²) in [6.45, 7) is 2.07. The lowest BCUT2D eigenvalue weighted by Gasteiger charge is -2.20. The third-order valence-corrected chi connectivity index (χ3v) is 4.03. The lowest BCUT2D eigenvalue weighted by molar-refractivity contribution is 0.645. The number of benzene rings is 2. The highest BCUT2D eigenvalue weighted by Crippen LogP contribution is 2.33. The Labute approximate surface area is 112 Å². The summed E-state index contributed by atoms with van der Waals surface area (Å²) in [6, 6.07) is 15.3. The highest BCUT2D eigenvalue weighted by molar-refractivity contribution is 5.96. The Bertz CT molecular complexity index is 740. The van der Waals surface area contributed by atoms with Gasteiger partial charge in [0.1, 0.15) is 0 Å². The summed E-state index contributed by atoms with van der Waals surface area (Å²) in [4.78, 5) is 3.30. The molecule has 0 unspecified atom stereocenters. The van der Waals surface area contributed by atoms with Gasteiger partial charge in [0, 0.05) is 23.6 Å². The first-order valence-corrected chi connectivity index (χ1v) is 6.81. The second kappa shape index (κ2) is 4.25. The Balaban J connectivity index is 2.00. The van der Waals surface area contributed by atoms with Gasteiger partial charge in [-0.25, -0.2) is 0 Å². The summed E-state index contributed by atoms with van der Waals surface area (Å²) >= 11 is 0. The van der Waals surface area contributed by atoms with Gasteiger partial charge in [-0.3, -0.25) is 0 Å². The number of nitrogens with one attached hydrogen (secondary N) is 2. The van der Waals surface area contributed by atoms with E-state index in [0.29, 0.717) is 0 Å². The number of aromatic nitrogens is 1. The van der Waals surface area contributed by atoms with Crippen molar-refractivity contribution >= 4 is 10.9 Å². The lowest BCUT2D eigenvalue weighted by Crippen LogP contribution is -2.24. The van der Waals surface area contributed by atoms with Crippen molar-refractivity contribution in [1.82, 2.24) is 10.3 Å². The summed E-state index contributed by atoms with van der Waals surface area (Å²) in [5.41, 5.74) is 6.90. The molecule has 1 aliphatic heterocycles. The molecule has 0 bridgehead atoms. The van der Waals surface area contributed by atoms with Crippen LogP contribution in [0.25, 0.3) is 22.0 Å². The minimum absolute atomic E-state index is 0.992. The molecule has 0 radical (unpaired) electrons. The van der Waals surface area contributed by atoms with Crippen LogP contribution in [-0.2, 0) is 13.0 Å². The van der Waals surface area contributed by atoms with Crippen molar-refractivity contribution in [3.63, 3.8) is 0 Å². The molecule has 1 aliphatic rings. The van der Waals surface area contributed by atoms with Crippen LogP contribution in [0.15, 0.2) is 48.7 Å². The van der Waals surface area contributed by atoms with E-state index in [1.807, 2.05) is 6.20 Å². The Morgan fingerprint density at radius 1 is 0.895 bits per heavy atom. The highest BCUT2D eigenvalue weighted by Gasteiger charge is 2.14. The predicted octanol–water partition coefficient (Wildman–Crippen LogP) is 3.48.